The molecule has 0 bridgehead atoms. The Kier molecular flexibility index (Phi) is 2.53. The molecule has 0 unspecified atom stereocenters. The molecule has 62 valence electrons. The van der Waals surface area contributed by atoms with E-state index in [4.69, 9.17) is 0 Å². The Labute approximate surface area is 70.0 Å². The van der Waals surface area contributed by atoms with E-state index >= 15 is 0 Å². The lowest BCUT2D eigenvalue weighted by Crippen LogP contribution is -2.14. The topological polar surface area (TPSA) is 0 Å². The van der Waals surface area contributed by atoms with E-state index in [-0.39, 0.29) is 0 Å². The van der Waals surface area contributed by atoms with E-state index in [2.05, 4.69) is 39.0 Å². The van der Waals surface area contributed by atoms with Crippen LogP contribution in [0.5, 0.6) is 0 Å². The van der Waals surface area contributed by atoms with Gasteiger partial charge in [-0.05, 0) is 24.7 Å². The molecule has 0 spiro atoms. The second kappa shape index (κ2) is 3.25. The first-order valence-corrected chi connectivity index (χ1v) is 4.53. The maximum absolute atomic E-state index is 2.33. The largest absolute Gasteiger partial charge is 0.0842 e. The molecule has 0 saturated carbocycles. The number of hydrogen-bond donors (Lipinski definition) is 0. The average Bonchev–Trinajstić information content (AvgIpc) is 2.06. The second-order valence-corrected chi connectivity index (χ2v) is 3.90. The standard InChI is InChI=1S/C11H18/c1-4-11(2,3)10-8-6-5-7-9-10/h5-6,8H,4,7,9H2,1-3H3. The van der Waals surface area contributed by atoms with Crippen LogP contribution >= 0.6 is 0 Å². The molecule has 0 saturated heterocycles. The molecule has 0 fully saturated rings. The number of allylic oxidation sites excluding steroid dienone is 4. The van der Waals surface area contributed by atoms with Gasteiger partial charge < -0.3 is 0 Å². The molecule has 0 aromatic rings. The minimum absolute atomic E-state index is 0.421. The molecule has 1 rings (SSSR count). The molecular weight excluding hydrogens is 132 g/mol. The molecule has 0 amide bonds. The maximum Gasteiger partial charge on any atom is -0.0144 e. The van der Waals surface area contributed by atoms with Crippen molar-refractivity contribution >= 4 is 0 Å². The zero-order valence-corrected chi connectivity index (χ0v) is 7.85. The Morgan fingerprint density at radius 3 is 2.64 bits per heavy atom. The third-order valence-corrected chi connectivity index (χ3v) is 2.77. The molecule has 0 aromatic carbocycles. The van der Waals surface area contributed by atoms with E-state index in [9.17, 15) is 0 Å². The van der Waals surface area contributed by atoms with Gasteiger partial charge >= 0.3 is 0 Å². The van der Waals surface area contributed by atoms with Crippen LogP contribution in [0.1, 0.15) is 40.0 Å². The minimum atomic E-state index is 0.421. The van der Waals surface area contributed by atoms with Crippen LogP contribution in [0.25, 0.3) is 0 Å². The van der Waals surface area contributed by atoms with Crippen molar-refractivity contribution in [3.05, 3.63) is 23.8 Å². The van der Waals surface area contributed by atoms with Crippen LogP contribution < -0.4 is 0 Å². The molecule has 0 atom stereocenters. The van der Waals surface area contributed by atoms with Crippen LogP contribution in [0.2, 0.25) is 0 Å². The van der Waals surface area contributed by atoms with Crippen LogP contribution in [0.3, 0.4) is 0 Å². The minimum Gasteiger partial charge on any atom is -0.0842 e. The summed E-state index contributed by atoms with van der Waals surface area (Å²) in [5.41, 5.74) is 2.03. The normalized spacial score (nSPS) is 18.3. The fraction of sp³-hybridized carbons (Fsp3) is 0.636. The van der Waals surface area contributed by atoms with Gasteiger partial charge in [0.1, 0.15) is 0 Å². The highest BCUT2D eigenvalue weighted by Gasteiger charge is 2.20. The van der Waals surface area contributed by atoms with E-state index in [1.807, 2.05) is 0 Å². The van der Waals surface area contributed by atoms with Gasteiger partial charge in [0.15, 0.2) is 0 Å². The summed E-state index contributed by atoms with van der Waals surface area (Å²) >= 11 is 0. The van der Waals surface area contributed by atoms with E-state index in [1.54, 1.807) is 5.57 Å². The smallest absolute Gasteiger partial charge is 0.0144 e. The summed E-state index contributed by atoms with van der Waals surface area (Å²) < 4.78 is 0. The molecule has 0 heterocycles. The molecule has 1 aliphatic rings. The van der Waals surface area contributed by atoms with E-state index in [0.717, 1.165) is 0 Å². The van der Waals surface area contributed by atoms with E-state index < -0.39 is 0 Å². The van der Waals surface area contributed by atoms with Gasteiger partial charge in [0.05, 0.1) is 0 Å². The number of hydrogen-bond acceptors (Lipinski definition) is 0. The first kappa shape index (κ1) is 8.58. The molecule has 11 heavy (non-hydrogen) atoms. The fourth-order valence-electron chi connectivity index (χ4n) is 1.39. The van der Waals surface area contributed by atoms with Crippen molar-refractivity contribution in [3.8, 4) is 0 Å². The Bertz CT molecular complexity index is 182. The number of rotatable bonds is 2. The zero-order chi connectivity index (χ0) is 8.32. The van der Waals surface area contributed by atoms with Crippen molar-refractivity contribution in [2.45, 2.75) is 40.0 Å². The Balaban J connectivity index is 2.72. The third kappa shape index (κ3) is 1.95. The zero-order valence-electron chi connectivity index (χ0n) is 7.85. The highest BCUT2D eigenvalue weighted by molar-refractivity contribution is 5.22. The monoisotopic (exact) mass is 150 g/mol. The predicted octanol–water partition coefficient (Wildman–Crippen LogP) is 3.70. The Morgan fingerprint density at radius 1 is 1.45 bits per heavy atom. The summed E-state index contributed by atoms with van der Waals surface area (Å²) in [7, 11) is 0. The van der Waals surface area contributed by atoms with Crippen molar-refractivity contribution in [2.75, 3.05) is 0 Å². The van der Waals surface area contributed by atoms with E-state index in [0.29, 0.717) is 5.41 Å². The van der Waals surface area contributed by atoms with Crippen LogP contribution in [0.15, 0.2) is 23.8 Å². The van der Waals surface area contributed by atoms with Gasteiger partial charge in [-0.25, -0.2) is 0 Å². The highest BCUT2D eigenvalue weighted by atomic mass is 14.2. The molecule has 0 radical (unpaired) electrons. The van der Waals surface area contributed by atoms with E-state index in [1.165, 1.54) is 19.3 Å². The Hall–Kier alpha value is -0.520. The summed E-state index contributed by atoms with van der Waals surface area (Å²) in [4.78, 5) is 0. The van der Waals surface area contributed by atoms with Gasteiger partial charge in [-0.3, -0.25) is 0 Å². The molecule has 0 aromatic heterocycles. The van der Waals surface area contributed by atoms with Crippen molar-refractivity contribution in [1.82, 2.24) is 0 Å². The molecular formula is C11H18. The van der Waals surface area contributed by atoms with Gasteiger partial charge in [-0.2, -0.15) is 0 Å². The first-order chi connectivity index (χ1) is 5.17. The predicted molar refractivity (Wildman–Crippen MR) is 50.5 cm³/mol. The maximum atomic E-state index is 2.33. The SMILES string of the molecule is CCC(C)(C)C1=CC=CCC1. The highest BCUT2D eigenvalue weighted by Crippen LogP contribution is 2.34. The van der Waals surface area contributed by atoms with Gasteiger partial charge in [-0.15, -0.1) is 0 Å². The van der Waals surface area contributed by atoms with Crippen LogP contribution in [-0.4, -0.2) is 0 Å². The average molecular weight is 150 g/mol. The first-order valence-electron chi connectivity index (χ1n) is 4.53. The summed E-state index contributed by atoms with van der Waals surface area (Å²) in [6, 6.07) is 0. The van der Waals surface area contributed by atoms with Crippen molar-refractivity contribution in [2.24, 2.45) is 5.41 Å². The van der Waals surface area contributed by atoms with Gasteiger partial charge in [-0.1, -0.05) is 44.6 Å². The molecule has 0 heteroatoms. The molecule has 0 aliphatic heterocycles. The summed E-state index contributed by atoms with van der Waals surface area (Å²) in [5, 5.41) is 0. The lowest BCUT2D eigenvalue weighted by Gasteiger charge is -2.27. The van der Waals surface area contributed by atoms with Crippen molar-refractivity contribution in [3.63, 3.8) is 0 Å². The fourth-order valence-corrected chi connectivity index (χ4v) is 1.39. The van der Waals surface area contributed by atoms with Crippen LogP contribution in [0.4, 0.5) is 0 Å². The summed E-state index contributed by atoms with van der Waals surface area (Å²) in [5.74, 6) is 0. The quantitative estimate of drug-likeness (QED) is 0.563. The van der Waals surface area contributed by atoms with Crippen molar-refractivity contribution < 1.29 is 0 Å². The van der Waals surface area contributed by atoms with Crippen LogP contribution in [-0.2, 0) is 0 Å². The lowest BCUT2D eigenvalue weighted by molar-refractivity contribution is 0.413. The Morgan fingerprint density at radius 2 is 2.18 bits per heavy atom. The second-order valence-electron chi connectivity index (χ2n) is 3.90. The van der Waals surface area contributed by atoms with Gasteiger partial charge in [0.25, 0.3) is 0 Å². The molecule has 1 aliphatic carbocycles. The van der Waals surface area contributed by atoms with Crippen molar-refractivity contribution in [1.29, 1.82) is 0 Å². The van der Waals surface area contributed by atoms with Gasteiger partial charge in [0, 0.05) is 0 Å². The molecule has 0 N–H and O–H groups in total. The van der Waals surface area contributed by atoms with Gasteiger partial charge in [0.2, 0.25) is 0 Å². The van der Waals surface area contributed by atoms with Crippen LogP contribution in [0, 0.1) is 5.41 Å². The summed E-state index contributed by atoms with van der Waals surface area (Å²) in [6.45, 7) is 6.93. The third-order valence-electron chi connectivity index (χ3n) is 2.77. The molecule has 0 nitrogen and oxygen atoms in total. The summed E-state index contributed by atoms with van der Waals surface area (Å²) in [6.07, 6.45) is 10.5. The lowest BCUT2D eigenvalue weighted by atomic mass is 9.78.